The molecule has 0 radical (unpaired) electrons. The summed E-state index contributed by atoms with van der Waals surface area (Å²) in [6.07, 6.45) is 7.97. The second-order valence-electron chi connectivity index (χ2n) is 11.2. The number of esters is 1. The molecule has 3 rings (SSSR count). The summed E-state index contributed by atoms with van der Waals surface area (Å²) in [5.41, 5.74) is 0.759. The summed E-state index contributed by atoms with van der Waals surface area (Å²) in [6.45, 7) is 7.75. The number of alkyl carbamates (subject to hydrolysis) is 1. The van der Waals surface area contributed by atoms with Crippen molar-refractivity contribution in [1.29, 1.82) is 0 Å². The molecule has 8 heteroatoms. The molecule has 1 heterocycles. The van der Waals surface area contributed by atoms with Crippen LogP contribution in [0.4, 0.5) is 4.79 Å². The van der Waals surface area contributed by atoms with E-state index in [2.05, 4.69) is 22.8 Å². The SMILES string of the molecule is COC(=O)CCCCOc1ccccc1C1CCC(OCC2NCCCC2NC(=O)OC(C)(C)C)CC1. The van der Waals surface area contributed by atoms with E-state index in [4.69, 9.17) is 18.9 Å². The smallest absolute Gasteiger partial charge is 0.407 e. The van der Waals surface area contributed by atoms with Crippen LogP contribution in [0.3, 0.4) is 0 Å². The van der Waals surface area contributed by atoms with Crippen molar-refractivity contribution >= 4 is 12.1 Å². The van der Waals surface area contributed by atoms with E-state index >= 15 is 0 Å². The number of hydrogen-bond acceptors (Lipinski definition) is 7. The van der Waals surface area contributed by atoms with E-state index < -0.39 is 5.60 Å². The third-order valence-corrected chi connectivity index (χ3v) is 7.09. The molecule has 2 fully saturated rings. The van der Waals surface area contributed by atoms with Gasteiger partial charge in [0.15, 0.2) is 0 Å². The number of para-hydroxylation sites is 1. The number of piperidine rings is 1. The Bertz CT molecular complexity index is 847. The van der Waals surface area contributed by atoms with Crippen LogP contribution in [-0.4, -0.2) is 62.7 Å². The zero-order valence-corrected chi connectivity index (χ0v) is 23.1. The zero-order valence-electron chi connectivity index (χ0n) is 23.1. The number of ether oxygens (including phenoxy) is 4. The fraction of sp³-hybridized carbons (Fsp3) is 0.724. The number of benzene rings is 1. The van der Waals surface area contributed by atoms with E-state index in [1.54, 1.807) is 0 Å². The van der Waals surface area contributed by atoms with Gasteiger partial charge in [0.1, 0.15) is 11.4 Å². The normalized spacial score (nSPS) is 24.2. The van der Waals surface area contributed by atoms with Gasteiger partial charge in [-0.25, -0.2) is 4.79 Å². The summed E-state index contributed by atoms with van der Waals surface area (Å²) >= 11 is 0. The molecule has 2 atom stereocenters. The third kappa shape index (κ3) is 10.2. The summed E-state index contributed by atoms with van der Waals surface area (Å²) in [7, 11) is 1.42. The Balaban J connectivity index is 1.42. The molecule has 1 amide bonds. The minimum Gasteiger partial charge on any atom is -0.493 e. The molecule has 1 saturated heterocycles. The molecule has 2 unspecified atom stereocenters. The molecule has 2 aliphatic rings. The lowest BCUT2D eigenvalue weighted by atomic mass is 9.82. The average Bonchev–Trinajstić information content (AvgIpc) is 2.87. The molecular formula is C29H46N2O6. The van der Waals surface area contributed by atoms with E-state index in [0.717, 1.165) is 63.7 Å². The van der Waals surface area contributed by atoms with Crippen LogP contribution in [0.5, 0.6) is 5.75 Å². The van der Waals surface area contributed by atoms with Crippen molar-refractivity contribution in [2.75, 3.05) is 26.9 Å². The predicted molar refractivity (Wildman–Crippen MR) is 143 cm³/mol. The van der Waals surface area contributed by atoms with Gasteiger partial charge in [0.2, 0.25) is 0 Å². The molecule has 37 heavy (non-hydrogen) atoms. The van der Waals surface area contributed by atoms with E-state index in [9.17, 15) is 9.59 Å². The Kier molecular flexibility index (Phi) is 11.5. The molecule has 1 aromatic rings. The van der Waals surface area contributed by atoms with E-state index in [1.807, 2.05) is 32.9 Å². The maximum Gasteiger partial charge on any atom is 0.407 e. The van der Waals surface area contributed by atoms with Gasteiger partial charge in [0, 0.05) is 12.5 Å². The first kappa shape index (κ1) is 29.2. The van der Waals surface area contributed by atoms with Crippen molar-refractivity contribution in [3.05, 3.63) is 29.8 Å². The van der Waals surface area contributed by atoms with Crippen LogP contribution in [0.2, 0.25) is 0 Å². The molecule has 0 spiro atoms. The average molecular weight is 519 g/mol. The Labute approximate surface area is 222 Å². The number of unbranched alkanes of at least 4 members (excludes halogenated alkanes) is 1. The lowest BCUT2D eigenvalue weighted by Gasteiger charge is -2.36. The number of carbonyl (C=O) groups excluding carboxylic acids is 2. The van der Waals surface area contributed by atoms with Crippen LogP contribution < -0.4 is 15.4 Å². The van der Waals surface area contributed by atoms with Crippen molar-refractivity contribution in [2.45, 2.75) is 108 Å². The van der Waals surface area contributed by atoms with E-state index in [-0.39, 0.29) is 30.3 Å². The Hall–Kier alpha value is -2.32. The van der Waals surface area contributed by atoms with Gasteiger partial charge in [-0.1, -0.05) is 18.2 Å². The third-order valence-electron chi connectivity index (χ3n) is 7.09. The largest absolute Gasteiger partial charge is 0.493 e. The van der Waals surface area contributed by atoms with Gasteiger partial charge >= 0.3 is 12.1 Å². The van der Waals surface area contributed by atoms with E-state index in [1.165, 1.54) is 12.7 Å². The summed E-state index contributed by atoms with van der Waals surface area (Å²) in [5, 5.41) is 6.56. The molecule has 1 aromatic carbocycles. The molecule has 0 aromatic heterocycles. The van der Waals surface area contributed by atoms with Gasteiger partial charge in [-0.15, -0.1) is 0 Å². The zero-order chi connectivity index (χ0) is 26.7. The lowest BCUT2D eigenvalue weighted by Crippen LogP contribution is -2.56. The second kappa shape index (κ2) is 14.6. The van der Waals surface area contributed by atoms with Crippen molar-refractivity contribution in [1.82, 2.24) is 10.6 Å². The van der Waals surface area contributed by atoms with Crippen LogP contribution in [0.15, 0.2) is 24.3 Å². The Morgan fingerprint density at radius 1 is 1.05 bits per heavy atom. The van der Waals surface area contributed by atoms with Crippen LogP contribution >= 0.6 is 0 Å². The second-order valence-corrected chi connectivity index (χ2v) is 11.2. The minimum absolute atomic E-state index is 0.0107. The maximum absolute atomic E-state index is 12.3. The molecule has 1 aliphatic heterocycles. The molecule has 2 N–H and O–H groups in total. The standard InChI is InChI=1S/C29H46N2O6/c1-29(2,3)37-28(33)31-24-11-9-18-30-25(24)20-36-22-16-14-21(15-17-22)23-10-5-6-12-26(23)35-19-8-7-13-27(32)34-4/h5-6,10,12,21-22,24-25,30H,7-9,11,13-20H2,1-4H3,(H,31,33). The molecule has 1 aliphatic carbocycles. The van der Waals surface area contributed by atoms with Crippen molar-refractivity contribution in [2.24, 2.45) is 0 Å². The highest BCUT2D eigenvalue weighted by molar-refractivity contribution is 5.69. The molecule has 8 nitrogen and oxygen atoms in total. The first-order valence-electron chi connectivity index (χ1n) is 13.9. The molecule has 0 bridgehead atoms. The van der Waals surface area contributed by atoms with Gasteiger partial charge < -0.3 is 29.6 Å². The van der Waals surface area contributed by atoms with E-state index in [0.29, 0.717) is 25.6 Å². The highest BCUT2D eigenvalue weighted by atomic mass is 16.6. The summed E-state index contributed by atoms with van der Waals surface area (Å²) in [6, 6.07) is 8.42. The summed E-state index contributed by atoms with van der Waals surface area (Å²) in [5.74, 6) is 1.24. The minimum atomic E-state index is -0.509. The summed E-state index contributed by atoms with van der Waals surface area (Å²) in [4.78, 5) is 23.6. The van der Waals surface area contributed by atoms with Gasteiger partial charge in [0.05, 0.1) is 32.5 Å². The van der Waals surface area contributed by atoms with Gasteiger partial charge in [0.25, 0.3) is 0 Å². The number of hydrogen-bond donors (Lipinski definition) is 2. The first-order valence-corrected chi connectivity index (χ1v) is 13.9. The monoisotopic (exact) mass is 518 g/mol. The van der Waals surface area contributed by atoms with Crippen molar-refractivity contribution < 1.29 is 28.5 Å². The van der Waals surface area contributed by atoms with Crippen LogP contribution in [0.1, 0.15) is 90.0 Å². The topological polar surface area (TPSA) is 95.1 Å². The Morgan fingerprint density at radius 3 is 2.54 bits per heavy atom. The van der Waals surface area contributed by atoms with Gasteiger partial charge in [-0.2, -0.15) is 0 Å². The van der Waals surface area contributed by atoms with Crippen LogP contribution in [0, 0.1) is 0 Å². The first-order chi connectivity index (χ1) is 17.7. The maximum atomic E-state index is 12.3. The number of rotatable bonds is 11. The summed E-state index contributed by atoms with van der Waals surface area (Å²) < 4.78 is 22.6. The van der Waals surface area contributed by atoms with Crippen molar-refractivity contribution in [3.8, 4) is 5.75 Å². The fourth-order valence-corrected chi connectivity index (χ4v) is 5.14. The van der Waals surface area contributed by atoms with Crippen molar-refractivity contribution in [3.63, 3.8) is 0 Å². The van der Waals surface area contributed by atoms with Crippen LogP contribution in [0.25, 0.3) is 0 Å². The predicted octanol–water partition coefficient (Wildman–Crippen LogP) is 5.10. The molecule has 1 saturated carbocycles. The fourth-order valence-electron chi connectivity index (χ4n) is 5.14. The highest BCUT2D eigenvalue weighted by Crippen LogP contribution is 2.38. The highest BCUT2D eigenvalue weighted by Gasteiger charge is 2.30. The van der Waals surface area contributed by atoms with Gasteiger partial charge in [-0.3, -0.25) is 4.79 Å². The lowest BCUT2D eigenvalue weighted by molar-refractivity contribution is -0.140. The number of nitrogens with one attached hydrogen (secondary N) is 2. The quantitative estimate of drug-likeness (QED) is 0.311. The number of carbonyl (C=O) groups is 2. The number of methoxy groups -OCH3 is 1. The number of amides is 1. The molecule has 208 valence electrons. The Morgan fingerprint density at radius 2 is 1.81 bits per heavy atom. The molecular weight excluding hydrogens is 472 g/mol. The van der Waals surface area contributed by atoms with Gasteiger partial charge in [-0.05, 0) is 96.2 Å². The van der Waals surface area contributed by atoms with Crippen LogP contribution in [-0.2, 0) is 19.0 Å².